The van der Waals surface area contributed by atoms with Gasteiger partial charge < -0.3 is 16.8 Å². The monoisotopic (exact) mass is 410 g/mol. The molecule has 0 rings (SSSR count). The predicted octanol–water partition coefficient (Wildman–Crippen LogP) is 5.24. The van der Waals surface area contributed by atoms with Gasteiger partial charge in [0, 0.05) is 0 Å². The standard InChI is InChI=1S/C14H38O4Si5/c1-12-19(15)13-23(16-20(4,5)6,17-21(7,8)9)18-22(10,11)14(2)3/h14H,12-13H2,1-11H3. The molecule has 0 bridgehead atoms. The van der Waals surface area contributed by atoms with Crippen LogP contribution in [-0.4, -0.2) is 42.4 Å². The molecule has 138 valence electrons. The number of rotatable bonds is 10. The molecule has 23 heavy (non-hydrogen) atoms. The molecule has 0 aliphatic rings. The summed E-state index contributed by atoms with van der Waals surface area (Å²) in [6, 6.07) is 0.691. The van der Waals surface area contributed by atoms with Gasteiger partial charge in [0.1, 0.15) is 0 Å². The Kier molecular flexibility index (Phi) is 8.71. The maximum atomic E-state index is 12.5. The Bertz CT molecular complexity index is 383. The normalized spacial score (nSPS) is 14.4. The molecule has 0 heterocycles. The SMILES string of the molecule is CC[Si](=O)C[Si](O[Si](C)(C)C)(O[Si](C)(C)C)O[Si](C)(C)C(C)C. The van der Waals surface area contributed by atoms with E-state index in [2.05, 4.69) is 66.2 Å². The average molecular weight is 411 g/mol. The summed E-state index contributed by atoms with van der Waals surface area (Å²) in [7, 11) is -10.4. The Hall–Kier alpha value is 0.764. The molecule has 0 fully saturated rings. The highest BCUT2D eigenvalue weighted by Gasteiger charge is 2.52. The molecular formula is C14H38O4Si5. The second-order valence-electron chi connectivity index (χ2n) is 9.04. The van der Waals surface area contributed by atoms with E-state index in [9.17, 15) is 4.46 Å². The Morgan fingerprint density at radius 1 is 0.826 bits per heavy atom. The van der Waals surface area contributed by atoms with Gasteiger partial charge in [-0.2, -0.15) is 0 Å². The molecule has 0 aromatic carbocycles. The minimum atomic E-state index is -2.93. The summed E-state index contributed by atoms with van der Waals surface area (Å²) >= 11 is 0. The predicted molar refractivity (Wildman–Crippen MR) is 110 cm³/mol. The van der Waals surface area contributed by atoms with Gasteiger partial charge in [-0.25, -0.2) is 0 Å². The third-order valence-electron chi connectivity index (χ3n) is 3.54. The van der Waals surface area contributed by atoms with E-state index in [1.807, 2.05) is 6.92 Å². The lowest BCUT2D eigenvalue weighted by molar-refractivity contribution is 0.254. The molecule has 0 N–H and O–H groups in total. The first-order valence-corrected chi connectivity index (χ1v) is 22.2. The van der Waals surface area contributed by atoms with Crippen molar-refractivity contribution in [2.45, 2.75) is 90.4 Å². The summed E-state index contributed by atoms with van der Waals surface area (Å²) in [5.41, 5.74) is 0.972. The Morgan fingerprint density at radius 3 is 1.48 bits per heavy atom. The Morgan fingerprint density at radius 2 is 1.22 bits per heavy atom. The van der Waals surface area contributed by atoms with Gasteiger partial charge in [0.15, 0.2) is 25.0 Å². The summed E-state index contributed by atoms with van der Waals surface area (Å²) < 4.78 is 32.4. The van der Waals surface area contributed by atoms with Crippen molar-refractivity contribution in [1.82, 2.24) is 0 Å². The van der Waals surface area contributed by atoms with Crippen LogP contribution in [0, 0.1) is 0 Å². The van der Waals surface area contributed by atoms with Gasteiger partial charge >= 0.3 is 8.80 Å². The Balaban J connectivity index is 5.85. The Labute approximate surface area is 149 Å². The van der Waals surface area contributed by atoms with Gasteiger partial charge in [-0.3, -0.25) is 0 Å². The van der Waals surface area contributed by atoms with Crippen LogP contribution in [0.5, 0.6) is 0 Å². The topological polar surface area (TPSA) is 44.8 Å². The zero-order chi connectivity index (χ0) is 18.7. The molecule has 0 saturated heterocycles. The van der Waals surface area contributed by atoms with Crippen molar-refractivity contribution in [1.29, 1.82) is 0 Å². The first-order valence-electron chi connectivity index (χ1n) is 8.64. The van der Waals surface area contributed by atoms with E-state index in [4.69, 9.17) is 12.3 Å². The third-order valence-corrected chi connectivity index (χ3v) is 21.2. The lowest BCUT2D eigenvalue weighted by atomic mass is 10.6. The molecule has 0 aromatic rings. The lowest BCUT2D eigenvalue weighted by Gasteiger charge is -2.44. The van der Waals surface area contributed by atoms with Crippen molar-refractivity contribution in [2.75, 3.05) is 0 Å². The maximum absolute atomic E-state index is 12.5. The van der Waals surface area contributed by atoms with Crippen LogP contribution in [0.15, 0.2) is 0 Å². The first-order chi connectivity index (χ1) is 10.0. The maximum Gasteiger partial charge on any atom is 0.473 e. The van der Waals surface area contributed by atoms with E-state index in [1.54, 1.807) is 0 Å². The zero-order valence-electron chi connectivity index (χ0n) is 17.1. The average Bonchev–Trinajstić information content (AvgIpc) is 2.21. The van der Waals surface area contributed by atoms with Crippen LogP contribution < -0.4 is 0 Å². The van der Waals surface area contributed by atoms with Crippen molar-refractivity contribution < 1.29 is 16.8 Å². The molecule has 0 saturated carbocycles. The van der Waals surface area contributed by atoms with Crippen molar-refractivity contribution in [3.8, 4) is 0 Å². The van der Waals surface area contributed by atoms with E-state index in [0.29, 0.717) is 17.3 Å². The van der Waals surface area contributed by atoms with Crippen LogP contribution in [0.1, 0.15) is 20.8 Å². The highest BCUT2D eigenvalue weighted by molar-refractivity contribution is 6.93. The van der Waals surface area contributed by atoms with Crippen LogP contribution in [0.2, 0.25) is 69.6 Å². The molecule has 0 amide bonds. The molecule has 9 heteroatoms. The summed E-state index contributed by atoms with van der Waals surface area (Å²) in [6.45, 7) is 23.8. The van der Waals surface area contributed by atoms with Crippen molar-refractivity contribution in [3.05, 3.63) is 0 Å². The van der Waals surface area contributed by atoms with Gasteiger partial charge in [0.05, 0.1) is 5.67 Å². The fourth-order valence-corrected chi connectivity index (χ4v) is 21.0. The van der Waals surface area contributed by atoms with Gasteiger partial charge in [0.25, 0.3) is 8.68 Å². The molecule has 0 aromatic heterocycles. The second-order valence-corrected chi connectivity index (χ2v) is 28.9. The van der Waals surface area contributed by atoms with E-state index in [1.165, 1.54) is 0 Å². The third kappa shape index (κ3) is 9.73. The van der Waals surface area contributed by atoms with Crippen LogP contribution in [0.4, 0.5) is 0 Å². The van der Waals surface area contributed by atoms with Gasteiger partial charge in [0.2, 0.25) is 0 Å². The minimum absolute atomic E-state index is 0.466. The van der Waals surface area contributed by atoms with Crippen molar-refractivity contribution in [3.63, 3.8) is 0 Å². The van der Waals surface area contributed by atoms with Gasteiger partial charge in [-0.1, -0.05) is 20.8 Å². The fourth-order valence-electron chi connectivity index (χ4n) is 1.99. The van der Waals surface area contributed by atoms with Crippen LogP contribution >= 0.6 is 0 Å². The number of hydrogen-bond donors (Lipinski definition) is 0. The molecule has 0 aliphatic carbocycles. The van der Waals surface area contributed by atoms with Gasteiger partial charge in [-0.15, -0.1) is 0 Å². The van der Waals surface area contributed by atoms with Crippen molar-refractivity contribution >= 4 is 42.4 Å². The highest BCUT2D eigenvalue weighted by Crippen LogP contribution is 2.33. The summed E-state index contributed by atoms with van der Waals surface area (Å²) in [6.07, 6.45) is 0. The van der Waals surface area contributed by atoms with Crippen LogP contribution in [0.25, 0.3) is 0 Å². The summed E-state index contributed by atoms with van der Waals surface area (Å²) in [5, 5.41) is 0. The quantitative estimate of drug-likeness (QED) is 0.462. The van der Waals surface area contributed by atoms with Crippen LogP contribution in [-0.2, 0) is 16.8 Å². The first kappa shape index (κ1) is 23.8. The smallest absolute Gasteiger partial charge is 0.417 e. The molecule has 4 nitrogen and oxygen atoms in total. The largest absolute Gasteiger partial charge is 0.473 e. The zero-order valence-corrected chi connectivity index (χ0v) is 22.1. The van der Waals surface area contributed by atoms with Crippen molar-refractivity contribution in [2.24, 2.45) is 0 Å². The molecule has 0 unspecified atom stereocenters. The van der Waals surface area contributed by atoms with Crippen LogP contribution in [0.3, 0.4) is 0 Å². The molecule has 0 radical (unpaired) electrons. The highest BCUT2D eigenvalue weighted by atomic mass is 28.5. The van der Waals surface area contributed by atoms with E-state index >= 15 is 0 Å². The summed E-state index contributed by atoms with van der Waals surface area (Å²) in [4.78, 5) is 0. The van der Waals surface area contributed by atoms with E-state index in [0.717, 1.165) is 0 Å². The molecule has 0 spiro atoms. The fraction of sp³-hybridized carbons (Fsp3) is 1.00. The van der Waals surface area contributed by atoms with Gasteiger partial charge in [-0.05, 0) is 64.0 Å². The molecular weight excluding hydrogens is 373 g/mol. The molecule has 0 aliphatic heterocycles. The lowest BCUT2D eigenvalue weighted by Crippen LogP contribution is -2.62. The summed E-state index contributed by atoms with van der Waals surface area (Å²) in [5.74, 6) is 0. The van der Waals surface area contributed by atoms with E-state index < -0.39 is 42.4 Å². The van der Waals surface area contributed by atoms with E-state index in [-0.39, 0.29) is 0 Å². The molecule has 0 atom stereocenters. The number of hydrogen-bond acceptors (Lipinski definition) is 4. The minimum Gasteiger partial charge on any atom is -0.417 e. The second kappa shape index (κ2) is 8.43.